The van der Waals surface area contributed by atoms with Gasteiger partial charge in [0.05, 0.1) is 10.7 Å². The van der Waals surface area contributed by atoms with Gasteiger partial charge < -0.3 is 5.73 Å². The molecule has 1 heterocycles. The smallest absolute Gasteiger partial charge is 0.0957 e. The molecule has 1 aliphatic carbocycles. The zero-order valence-electron chi connectivity index (χ0n) is 9.41. The quantitative estimate of drug-likeness (QED) is 0.852. The maximum atomic E-state index is 5.57. The Hall–Kier alpha value is -0.410. The molecule has 0 radical (unpaired) electrons. The van der Waals surface area contributed by atoms with Crippen molar-refractivity contribution in [1.82, 2.24) is 4.98 Å². The Balaban J connectivity index is 2.02. The first-order chi connectivity index (χ1) is 7.31. The van der Waals surface area contributed by atoms with E-state index in [-0.39, 0.29) is 0 Å². The van der Waals surface area contributed by atoms with Crippen molar-refractivity contribution in [3.8, 4) is 0 Å². The Morgan fingerprint density at radius 1 is 1.53 bits per heavy atom. The van der Waals surface area contributed by atoms with Gasteiger partial charge in [0.15, 0.2) is 0 Å². The second kappa shape index (κ2) is 5.08. The van der Waals surface area contributed by atoms with Crippen LogP contribution >= 0.6 is 11.3 Å². The van der Waals surface area contributed by atoms with Crippen LogP contribution in [0.1, 0.15) is 61.6 Å². The molecule has 1 aromatic rings. The van der Waals surface area contributed by atoms with Gasteiger partial charge >= 0.3 is 0 Å². The number of hydrogen-bond acceptors (Lipinski definition) is 3. The summed E-state index contributed by atoms with van der Waals surface area (Å²) in [7, 11) is 0. The van der Waals surface area contributed by atoms with Gasteiger partial charge in [-0.25, -0.2) is 4.98 Å². The van der Waals surface area contributed by atoms with E-state index in [0.717, 1.165) is 18.9 Å². The van der Waals surface area contributed by atoms with Crippen molar-refractivity contribution < 1.29 is 0 Å². The normalized spacial score (nSPS) is 19.6. The van der Waals surface area contributed by atoms with E-state index in [2.05, 4.69) is 12.3 Å². The van der Waals surface area contributed by atoms with Crippen LogP contribution < -0.4 is 5.73 Å². The van der Waals surface area contributed by atoms with Crippen LogP contribution in [-0.4, -0.2) is 11.5 Å². The van der Waals surface area contributed by atoms with Crippen molar-refractivity contribution in [1.29, 1.82) is 0 Å². The molecule has 0 bridgehead atoms. The lowest BCUT2D eigenvalue weighted by atomic mass is 10.1. The zero-order chi connectivity index (χ0) is 10.7. The first-order valence-electron chi connectivity index (χ1n) is 5.96. The van der Waals surface area contributed by atoms with Crippen molar-refractivity contribution in [3.63, 3.8) is 0 Å². The Bertz CT molecular complexity index is 302. The molecular weight excluding hydrogens is 204 g/mol. The van der Waals surface area contributed by atoms with Gasteiger partial charge in [0.25, 0.3) is 0 Å². The molecule has 0 spiro atoms. The molecule has 0 aliphatic heterocycles. The van der Waals surface area contributed by atoms with Crippen LogP contribution in [0.2, 0.25) is 0 Å². The predicted octanol–water partition coefficient (Wildman–Crippen LogP) is 3.25. The first kappa shape index (κ1) is 11.1. The lowest BCUT2D eigenvalue weighted by molar-refractivity contribution is 0.662. The summed E-state index contributed by atoms with van der Waals surface area (Å²) in [4.78, 5) is 4.77. The van der Waals surface area contributed by atoms with Crippen LogP contribution in [0.3, 0.4) is 0 Å². The molecule has 0 saturated heterocycles. The molecule has 1 fully saturated rings. The fourth-order valence-electron chi connectivity index (χ4n) is 2.31. The van der Waals surface area contributed by atoms with Gasteiger partial charge in [0, 0.05) is 17.2 Å². The van der Waals surface area contributed by atoms with Crippen LogP contribution in [0.15, 0.2) is 5.38 Å². The summed E-state index contributed by atoms with van der Waals surface area (Å²) >= 11 is 1.82. The van der Waals surface area contributed by atoms with E-state index in [1.165, 1.54) is 36.4 Å². The Labute approximate surface area is 95.9 Å². The number of nitrogens with two attached hydrogens (primary N) is 1. The molecular formula is C12H20N2S. The minimum absolute atomic E-state index is 0.537. The van der Waals surface area contributed by atoms with Crippen molar-refractivity contribution in [3.05, 3.63) is 16.1 Å². The summed E-state index contributed by atoms with van der Waals surface area (Å²) in [6.45, 7) is 2.99. The van der Waals surface area contributed by atoms with E-state index in [9.17, 15) is 0 Å². The molecule has 0 aromatic carbocycles. The summed E-state index contributed by atoms with van der Waals surface area (Å²) in [5.74, 6) is 1.29. The summed E-state index contributed by atoms with van der Waals surface area (Å²) in [6.07, 6.45) is 6.51. The third-order valence-electron chi connectivity index (χ3n) is 3.33. The lowest BCUT2D eigenvalue weighted by Crippen LogP contribution is -2.04. The van der Waals surface area contributed by atoms with E-state index >= 15 is 0 Å². The Kier molecular flexibility index (Phi) is 3.76. The number of hydrogen-bond donors (Lipinski definition) is 1. The van der Waals surface area contributed by atoms with Crippen LogP contribution in [0.5, 0.6) is 0 Å². The molecule has 1 saturated carbocycles. The highest BCUT2D eigenvalue weighted by atomic mass is 32.1. The van der Waals surface area contributed by atoms with Crippen LogP contribution in [0, 0.1) is 0 Å². The van der Waals surface area contributed by atoms with Gasteiger partial charge in [0.2, 0.25) is 0 Å². The average molecular weight is 224 g/mol. The largest absolute Gasteiger partial charge is 0.330 e. The van der Waals surface area contributed by atoms with E-state index in [1.807, 2.05) is 11.3 Å². The summed E-state index contributed by atoms with van der Waals surface area (Å²) < 4.78 is 0. The Morgan fingerprint density at radius 3 is 2.93 bits per heavy atom. The van der Waals surface area contributed by atoms with Crippen LogP contribution in [-0.2, 0) is 0 Å². The fourth-order valence-corrected chi connectivity index (χ4v) is 3.30. The van der Waals surface area contributed by atoms with Gasteiger partial charge in [-0.05, 0) is 25.8 Å². The molecule has 15 heavy (non-hydrogen) atoms. The van der Waals surface area contributed by atoms with Gasteiger partial charge in [-0.3, -0.25) is 0 Å². The minimum atomic E-state index is 0.537. The zero-order valence-corrected chi connectivity index (χ0v) is 10.2. The topological polar surface area (TPSA) is 38.9 Å². The van der Waals surface area contributed by atoms with Gasteiger partial charge in [-0.15, -0.1) is 11.3 Å². The number of nitrogens with zero attached hydrogens (tertiary/aromatic N) is 1. The molecule has 1 atom stereocenters. The monoisotopic (exact) mass is 224 g/mol. The molecule has 0 amide bonds. The first-order valence-corrected chi connectivity index (χ1v) is 6.84. The van der Waals surface area contributed by atoms with Gasteiger partial charge in [0.1, 0.15) is 0 Å². The lowest BCUT2D eigenvalue weighted by Gasteiger charge is -2.06. The van der Waals surface area contributed by atoms with E-state index < -0.39 is 0 Å². The minimum Gasteiger partial charge on any atom is -0.330 e. The highest BCUT2D eigenvalue weighted by Crippen LogP contribution is 2.35. The van der Waals surface area contributed by atoms with E-state index in [0.29, 0.717) is 5.92 Å². The molecule has 1 unspecified atom stereocenters. The fraction of sp³-hybridized carbons (Fsp3) is 0.750. The van der Waals surface area contributed by atoms with Crippen molar-refractivity contribution in [2.45, 2.75) is 50.9 Å². The highest BCUT2D eigenvalue weighted by Gasteiger charge is 2.20. The SMILES string of the molecule is CC(CCN)c1nc(C2CCCC2)cs1. The standard InChI is InChI=1S/C12H20N2S/c1-9(6-7-13)12-14-11(8-15-12)10-4-2-3-5-10/h8-10H,2-7,13H2,1H3. The second-order valence-corrected chi connectivity index (χ2v) is 5.46. The molecule has 2 N–H and O–H groups in total. The molecule has 3 heteroatoms. The summed E-state index contributed by atoms with van der Waals surface area (Å²) in [6, 6.07) is 0. The van der Waals surface area contributed by atoms with Gasteiger partial charge in [-0.1, -0.05) is 19.8 Å². The third kappa shape index (κ3) is 2.58. The third-order valence-corrected chi connectivity index (χ3v) is 4.43. The number of rotatable bonds is 4. The van der Waals surface area contributed by atoms with Crippen molar-refractivity contribution in [2.75, 3.05) is 6.54 Å². The summed E-state index contributed by atoms with van der Waals surface area (Å²) in [5.41, 5.74) is 6.92. The van der Waals surface area contributed by atoms with E-state index in [1.54, 1.807) is 0 Å². The maximum absolute atomic E-state index is 5.57. The van der Waals surface area contributed by atoms with Gasteiger partial charge in [-0.2, -0.15) is 0 Å². The average Bonchev–Trinajstić information content (AvgIpc) is 2.89. The molecule has 1 aromatic heterocycles. The predicted molar refractivity (Wildman–Crippen MR) is 65.4 cm³/mol. The number of thiazole rings is 1. The molecule has 1 aliphatic rings. The van der Waals surface area contributed by atoms with Crippen LogP contribution in [0.4, 0.5) is 0 Å². The second-order valence-electron chi connectivity index (χ2n) is 4.57. The van der Waals surface area contributed by atoms with Crippen molar-refractivity contribution in [2.24, 2.45) is 5.73 Å². The van der Waals surface area contributed by atoms with Crippen molar-refractivity contribution >= 4 is 11.3 Å². The van der Waals surface area contributed by atoms with Crippen LogP contribution in [0.25, 0.3) is 0 Å². The molecule has 2 rings (SSSR count). The Morgan fingerprint density at radius 2 is 2.27 bits per heavy atom. The molecule has 84 valence electrons. The number of aromatic nitrogens is 1. The maximum Gasteiger partial charge on any atom is 0.0957 e. The highest BCUT2D eigenvalue weighted by molar-refractivity contribution is 7.09. The molecule has 2 nitrogen and oxygen atoms in total. The van der Waals surface area contributed by atoms with E-state index in [4.69, 9.17) is 10.7 Å². The summed E-state index contributed by atoms with van der Waals surface area (Å²) in [5, 5.41) is 3.54.